The van der Waals surface area contributed by atoms with Crippen molar-refractivity contribution >= 4 is 15.8 Å². The number of rotatable bonds is 7. The molecule has 0 aliphatic heterocycles. The van der Waals surface area contributed by atoms with E-state index in [2.05, 4.69) is 5.16 Å². The van der Waals surface area contributed by atoms with Crippen molar-refractivity contribution < 1.29 is 12.7 Å². The third-order valence-corrected chi connectivity index (χ3v) is 3.49. The highest BCUT2D eigenvalue weighted by molar-refractivity contribution is 7.86. The van der Waals surface area contributed by atoms with Crippen molar-refractivity contribution in [3.8, 4) is 0 Å². The Morgan fingerprint density at radius 1 is 1.11 bits per heavy atom. The lowest BCUT2D eigenvalue weighted by Gasteiger charge is -2.04. The van der Waals surface area contributed by atoms with Gasteiger partial charge in [0.05, 0.1) is 5.71 Å². The summed E-state index contributed by atoms with van der Waals surface area (Å²) in [6.45, 7) is 4.05. The fourth-order valence-electron chi connectivity index (χ4n) is 1.53. The predicted octanol–water partition coefficient (Wildman–Crippen LogP) is 3.35. The minimum Gasteiger partial charge on any atom is -0.265 e. The van der Waals surface area contributed by atoms with Gasteiger partial charge in [0.25, 0.3) is 0 Å². The van der Waals surface area contributed by atoms with E-state index in [9.17, 15) is 8.42 Å². The molecule has 18 heavy (non-hydrogen) atoms. The van der Waals surface area contributed by atoms with Gasteiger partial charge in [-0.1, -0.05) is 50.0 Å². The Kier molecular flexibility index (Phi) is 5.85. The van der Waals surface area contributed by atoms with E-state index in [0.717, 1.165) is 31.4 Å². The molecule has 0 aromatic heterocycles. The number of hydrogen-bond donors (Lipinski definition) is 0. The second-order valence-electron chi connectivity index (χ2n) is 4.00. The Morgan fingerprint density at radius 3 is 2.17 bits per heavy atom. The molecular weight excluding hydrogens is 250 g/mol. The number of hydrogen-bond acceptors (Lipinski definition) is 4. The lowest BCUT2D eigenvalue weighted by molar-refractivity contribution is 0.336. The first-order chi connectivity index (χ1) is 8.60. The molecule has 0 saturated heterocycles. The molecule has 100 valence electrons. The van der Waals surface area contributed by atoms with Gasteiger partial charge in [-0.3, -0.25) is 4.28 Å². The highest BCUT2D eigenvalue weighted by atomic mass is 32.2. The van der Waals surface area contributed by atoms with Crippen molar-refractivity contribution in [1.29, 1.82) is 0 Å². The maximum atomic E-state index is 11.8. The van der Waals surface area contributed by atoms with Crippen LogP contribution in [0.4, 0.5) is 0 Å². The van der Waals surface area contributed by atoms with E-state index < -0.39 is 10.1 Å². The summed E-state index contributed by atoms with van der Waals surface area (Å²) < 4.78 is 28.4. The van der Waals surface area contributed by atoms with Gasteiger partial charge in [-0.05, 0) is 25.0 Å². The second-order valence-corrected chi connectivity index (χ2v) is 5.53. The van der Waals surface area contributed by atoms with Gasteiger partial charge in [-0.25, -0.2) is 0 Å². The monoisotopic (exact) mass is 269 g/mol. The molecule has 1 rings (SSSR count). The van der Waals surface area contributed by atoms with E-state index in [1.807, 2.05) is 13.8 Å². The van der Waals surface area contributed by atoms with E-state index in [0.29, 0.717) is 0 Å². The van der Waals surface area contributed by atoms with Crippen LogP contribution in [-0.4, -0.2) is 14.1 Å². The van der Waals surface area contributed by atoms with Crippen molar-refractivity contribution in [3.05, 3.63) is 30.3 Å². The summed E-state index contributed by atoms with van der Waals surface area (Å²) in [6.07, 6.45) is 3.37. The molecule has 1 aromatic rings. The van der Waals surface area contributed by atoms with E-state index in [4.69, 9.17) is 4.28 Å². The zero-order valence-electron chi connectivity index (χ0n) is 10.8. The van der Waals surface area contributed by atoms with Gasteiger partial charge in [-0.15, -0.1) is 0 Å². The minimum absolute atomic E-state index is 0.126. The van der Waals surface area contributed by atoms with Gasteiger partial charge in [0.1, 0.15) is 4.90 Å². The Labute approximate surface area is 109 Å². The molecule has 0 aliphatic carbocycles. The molecule has 0 N–H and O–H groups in total. The average Bonchev–Trinajstić information content (AvgIpc) is 2.38. The first kappa shape index (κ1) is 14.7. The fourth-order valence-corrected chi connectivity index (χ4v) is 2.31. The van der Waals surface area contributed by atoms with Crippen molar-refractivity contribution in [2.75, 3.05) is 0 Å². The standard InChI is InChI=1S/C13H19NO3S/c1-3-8-12(9-4-2)14-17-18(15,16)13-10-6-5-7-11-13/h5-7,10-11H,3-4,8-9H2,1-2H3. The molecule has 0 atom stereocenters. The summed E-state index contributed by atoms with van der Waals surface area (Å²) >= 11 is 0. The maximum Gasteiger partial charge on any atom is 0.358 e. The van der Waals surface area contributed by atoms with Crippen LogP contribution in [0.3, 0.4) is 0 Å². The Bertz CT molecular complexity index is 472. The zero-order chi connectivity index (χ0) is 13.4. The molecule has 4 nitrogen and oxygen atoms in total. The van der Waals surface area contributed by atoms with Crippen molar-refractivity contribution in [2.24, 2.45) is 5.16 Å². The van der Waals surface area contributed by atoms with Gasteiger partial charge in [0, 0.05) is 0 Å². The SMILES string of the molecule is CCCC(CCC)=NOS(=O)(=O)c1ccccc1. The average molecular weight is 269 g/mol. The van der Waals surface area contributed by atoms with Gasteiger partial charge in [0.2, 0.25) is 0 Å². The maximum absolute atomic E-state index is 11.8. The van der Waals surface area contributed by atoms with Crippen LogP contribution in [0.25, 0.3) is 0 Å². The van der Waals surface area contributed by atoms with Crippen LogP contribution in [-0.2, 0) is 14.4 Å². The lowest BCUT2D eigenvalue weighted by Crippen LogP contribution is -2.06. The highest BCUT2D eigenvalue weighted by Crippen LogP contribution is 2.12. The Balaban J connectivity index is 2.80. The molecular formula is C13H19NO3S. The zero-order valence-corrected chi connectivity index (χ0v) is 11.6. The third-order valence-electron chi connectivity index (χ3n) is 2.37. The summed E-state index contributed by atoms with van der Waals surface area (Å²) in [7, 11) is -3.78. The Morgan fingerprint density at radius 2 is 1.67 bits per heavy atom. The van der Waals surface area contributed by atoms with Crippen LogP contribution in [0.15, 0.2) is 40.4 Å². The molecule has 0 unspecified atom stereocenters. The van der Waals surface area contributed by atoms with Crippen LogP contribution < -0.4 is 0 Å². The van der Waals surface area contributed by atoms with E-state index in [1.165, 1.54) is 12.1 Å². The molecule has 0 amide bonds. The number of oxime groups is 1. The van der Waals surface area contributed by atoms with Gasteiger partial charge in [0.15, 0.2) is 0 Å². The molecule has 0 radical (unpaired) electrons. The van der Waals surface area contributed by atoms with Crippen molar-refractivity contribution in [3.63, 3.8) is 0 Å². The largest absolute Gasteiger partial charge is 0.358 e. The highest BCUT2D eigenvalue weighted by Gasteiger charge is 2.15. The normalized spacial score (nSPS) is 11.0. The second kappa shape index (κ2) is 7.16. The molecule has 0 heterocycles. The smallest absolute Gasteiger partial charge is 0.265 e. The van der Waals surface area contributed by atoms with Crippen LogP contribution >= 0.6 is 0 Å². The summed E-state index contributed by atoms with van der Waals surface area (Å²) in [5.41, 5.74) is 0.791. The molecule has 0 fully saturated rings. The van der Waals surface area contributed by atoms with Gasteiger partial charge < -0.3 is 0 Å². The summed E-state index contributed by atoms with van der Waals surface area (Å²) in [5, 5.41) is 3.78. The van der Waals surface area contributed by atoms with E-state index >= 15 is 0 Å². The quantitative estimate of drug-likeness (QED) is 0.563. The van der Waals surface area contributed by atoms with Gasteiger partial charge >= 0.3 is 10.1 Å². The van der Waals surface area contributed by atoms with Crippen molar-refractivity contribution in [2.45, 2.75) is 44.4 Å². The third kappa shape index (κ3) is 4.49. The number of nitrogens with zero attached hydrogens (tertiary/aromatic N) is 1. The first-order valence-corrected chi connectivity index (χ1v) is 7.55. The van der Waals surface area contributed by atoms with E-state index in [1.54, 1.807) is 18.2 Å². The topological polar surface area (TPSA) is 55.7 Å². The lowest BCUT2D eigenvalue weighted by atomic mass is 10.1. The molecule has 0 bridgehead atoms. The minimum atomic E-state index is -3.78. The van der Waals surface area contributed by atoms with Crippen LogP contribution in [0, 0.1) is 0 Å². The predicted molar refractivity (Wildman–Crippen MR) is 72.0 cm³/mol. The molecule has 0 saturated carbocycles. The molecule has 0 aliphatic rings. The molecule has 1 aromatic carbocycles. The summed E-state index contributed by atoms with van der Waals surface area (Å²) in [4.78, 5) is 0.126. The fraction of sp³-hybridized carbons (Fsp3) is 0.462. The van der Waals surface area contributed by atoms with Gasteiger partial charge in [-0.2, -0.15) is 8.42 Å². The summed E-state index contributed by atoms with van der Waals surface area (Å²) in [6, 6.07) is 8.04. The summed E-state index contributed by atoms with van der Waals surface area (Å²) in [5.74, 6) is 0. The first-order valence-electron chi connectivity index (χ1n) is 6.14. The molecule has 5 heteroatoms. The van der Waals surface area contributed by atoms with Crippen LogP contribution in [0.1, 0.15) is 39.5 Å². The van der Waals surface area contributed by atoms with Crippen LogP contribution in [0.5, 0.6) is 0 Å². The Hall–Kier alpha value is -1.36. The number of benzene rings is 1. The molecule has 0 spiro atoms. The van der Waals surface area contributed by atoms with E-state index in [-0.39, 0.29) is 4.90 Å². The van der Waals surface area contributed by atoms with Crippen molar-refractivity contribution in [1.82, 2.24) is 0 Å². The van der Waals surface area contributed by atoms with Crippen LogP contribution in [0.2, 0.25) is 0 Å².